The van der Waals surface area contributed by atoms with Gasteiger partial charge in [0.25, 0.3) is 0 Å². The Labute approximate surface area is 113 Å². The summed E-state index contributed by atoms with van der Waals surface area (Å²) in [6, 6.07) is 8.41. The topological polar surface area (TPSA) is 67.4 Å². The molecule has 0 heterocycles. The highest BCUT2D eigenvalue weighted by molar-refractivity contribution is 5.88. The molecule has 0 radical (unpaired) electrons. The van der Waals surface area contributed by atoms with Crippen LogP contribution in [0.5, 0.6) is 0 Å². The first kappa shape index (κ1) is 15.2. The zero-order chi connectivity index (χ0) is 14.1. The van der Waals surface area contributed by atoms with Crippen molar-refractivity contribution in [3.05, 3.63) is 35.9 Å². The summed E-state index contributed by atoms with van der Waals surface area (Å²) < 4.78 is 5.15. The monoisotopic (exact) mass is 264 g/mol. The number of carbonyl (C=O) groups excluding carboxylic acids is 2. The first-order valence-corrected chi connectivity index (χ1v) is 6.32. The average Bonchev–Trinajstić information content (AvgIpc) is 2.45. The lowest BCUT2D eigenvalue weighted by Gasteiger charge is -2.17. The van der Waals surface area contributed by atoms with Crippen LogP contribution in [0.2, 0.25) is 0 Å². The molecule has 0 bridgehead atoms. The van der Waals surface area contributed by atoms with E-state index in [1.165, 1.54) is 7.05 Å². The van der Waals surface area contributed by atoms with Crippen molar-refractivity contribution in [2.24, 2.45) is 0 Å². The molecule has 104 valence electrons. The molecule has 0 aliphatic carbocycles. The van der Waals surface area contributed by atoms with E-state index in [0.29, 0.717) is 6.61 Å². The second-order valence-corrected chi connectivity index (χ2v) is 4.08. The maximum absolute atomic E-state index is 11.8. The van der Waals surface area contributed by atoms with Crippen molar-refractivity contribution in [1.82, 2.24) is 10.6 Å². The van der Waals surface area contributed by atoms with Crippen LogP contribution in [0.25, 0.3) is 0 Å². The number of likely N-dealkylation sites (N-methyl/N-ethyl adjacent to an activating group) is 1. The highest BCUT2D eigenvalue weighted by Crippen LogP contribution is 2.12. The summed E-state index contributed by atoms with van der Waals surface area (Å²) >= 11 is 0. The lowest BCUT2D eigenvalue weighted by Crippen LogP contribution is -2.40. The van der Waals surface area contributed by atoms with Gasteiger partial charge in [-0.15, -0.1) is 0 Å². The zero-order valence-electron chi connectivity index (χ0n) is 11.3. The van der Waals surface area contributed by atoms with Gasteiger partial charge in [0.1, 0.15) is 12.6 Å². The van der Waals surface area contributed by atoms with Crippen LogP contribution in [0.4, 0.5) is 0 Å². The number of hydrogen-bond acceptors (Lipinski definition) is 3. The third-order valence-corrected chi connectivity index (χ3v) is 2.53. The van der Waals surface area contributed by atoms with Crippen LogP contribution >= 0.6 is 0 Å². The molecule has 0 aliphatic heterocycles. The van der Waals surface area contributed by atoms with Crippen molar-refractivity contribution in [3.8, 4) is 0 Å². The molecule has 1 atom stereocenters. The van der Waals surface area contributed by atoms with Gasteiger partial charge in [0.15, 0.2) is 0 Å². The number of carbonyl (C=O) groups is 2. The number of benzene rings is 1. The van der Waals surface area contributed by atoms with Gasteiger partial charge in [-0.2, -0.15) is 0 Å². The predicted octanol–water partition coefficient (Wildman–Crippen LogP) is 1.02. The Hall–Kier alpha value is -1.88. The molecule has 1 aromatic rings. The number of amides is 2. The molecule has 0 unspecified atom stereocenters. The maximum atomic E-state index is 11.8. The summed E-state index contributed by atoms with van der Waals surface area (Å²) in [5.74, 6) is -0.555. The Morgan fingerprint density at radius 1 is 1.26 bits per heavy atom. The minimum Gasteiger partial charge on any atom is -0.372 e. The predicted molar refractivity (Wildman–Crippen MR) is 72.5 cm³/mol. The molecule has 19 heavy (non-hydrogen) atoms. The smallest absolute Gasteiger partial charge is 0.246 e. The maximum Gasteiger partial charge on any atom is 0.246 e. The molecule has 2 N–H and O–H groups in total. The number of nitrogens with one attached hydrogen (secondary N) is 2. The lowest BCUT2D eigenvalue weighted by atomic mass is 10.1. The minimum atomic E-state index is -0.691. The third kappa shape index (κ3) is 5.09. The number of hydrogen-bond donors (Lipinski definition) is 2. The summed E-state index contributed by atoms with van der Waals surface area (Å²) in [4.78, 5) is 23.5. The second-order valence-electron chi connectivity index (χ2n) is 4.08. The number of rotatable bonds is 7. The lowest BCUT2D eigenvalue weighted by molar-refractivity contribution is -0.131. The molecule has 1 aromatic carbocycles. The first-order chi connectivity index (χ1) is 9.19. The van der Waals surface area contributed by atoms with Gasteiger partial charge < -0.3 is 15.4 Å². The molecule has 0 spiro atoms. The van der Waals surface area contributed by atoms with Gasteiger partial charge in [0.2, 0.25) is 11.8 Å². The standard InChI is InChI=1S/C14H20N2O3/c1-3-9-19-10-12(17)16-13(14(18)15-2)11-7-5-4-6-8-11/h4-8,13H,3,9-10H2,1-2H3,(H,15,18)(H,16,17)/t13-/m0/s1. The molecule has 0 aromatic heterocycles. The van der Waals surface area contributed by atoms with Crippen LogP contribution in [0, 0.1) is 0 Å². The summed E-state index contributed by atoms with van der Waals surface area (Å²) in [6.45, 7) is 2.47. The Morgan fingerprint density at radius 3 is 2.53 bits per heavy atom. The highest BCUT2D eigenvalue weighted by Gasteiger charge is 2.21. The molecular formula is C14H20N2O3. The van der Waals surface area contributed by atoms with E-state index in [2.05, 4.69) is 10.6 Å². The van der Waals surface area contributed by atoms with E-state index in [1.807, 2.05) is 25.1 Å². The normalized spacial score (nSPS) is 11.7. The zero-order valence-corrected chi connectivity index (χ0v) is 11.3. The molecule has 5 nitrogen and oxygen atoms in total. The van der Waals surface area contributed by atoms with Gasteiger partial charge in [-0.05, 0) is 12.0 Å². The van der Waals surface area contributed by atoms with E-state index >= 15 is 0 Å². The molecule has 1 rings (SSSR count). The fraction of sp³-hybridized carbons (Fsp3) is 0.429. The van der Waals surface area contributed by atoms with Crippen LogP contribution in [-0.4, -0.2) is 32.1 Å². The van der Waals surface area contributed by atoms with Gasteiger partial charge >= 0.3 is 0 Å². The van der Waals surface area contributed by atoms with Gasteiger partial charge in [-0.25, -0.2) is 0 Å². The van der Waals surface area contributed by atoms with Crippen molar-refractivity contribution in [2.45, 2.75) is 19.4 Å². The first-order valence-electron chi connectivity index (χ1n) is 6.32. The molecule has 0 fully saturated rings. The van der Waals surface area contributed by atoms with Crippen LogP contribution in [0.3, 0.4) is 0 Å². The molecular weight excluding hydrogens is 244 g/mol. The fourth-order valence-corrected chi connectivity index (χ4v) is 1.60. The fourth-order valence-electron chi connectivity index (χ4n) is 1.60. The van der Waals surface area contributed by atoms with E-state index in [9.17, 15) is 9.59 Å². The molecule has 2 amide bonds. The SMILES string of the molecule is CCCOCC(=O)N[C@H](C(=O)NC)c1ccccc1. The Bertz CT molecular complexity index is 406. The van der Waals surface area contributed by atoms with Gasteiger partial charge in [0, 0.05) is 13.7 Å². The van der Waals surface area contributed by atoms with Crippen molar-refractivity contribution in [3.63, 3.8) is 0 Å². The van der Waals surface area contributed by atoms with Crippen LogP contribution in [0.15, 0.2) is 30.3 Å². The van der Waals surface area contributed by atoms with E-state index in [-0.39, 0.29) is 18.4 Å². The Balaban J connectivity index is 2.66. The van der Waals surface area contributed by atoms with Crippen molar-refractivity contribution < 1.29 is 14.3 Å². The van der Waals surface area contributed by atoms with Gasteiger partial charge in [-0.1, -0.05) is 37.3 Å². The highest BCUT2D eigenvalue weighted by atomic mass is 16.5. The summed E-state index contributed by atoms with van der Waals surface area (Å²) in [5, 5.41) is 5.21. The van der Waals surface area contributed by atoms with Crippen LogP contribution in [0.1, 0.15) is 24.9 Å². The van der Waals surface area contributed by atoms with Crippen LogP contribution in [-0.2, 0) is 14.3 Å². The van der Waals surface area contributed by atoms with Crippen LogP contribution < -0.4 is 10.6 Å². The average molecular weight is 264 g/mol. The Kier molecular flexibility index (Phi) is 6.60. The quantitative estimate of drug-likeness (QED) is 0.722. The van der Waals surface area contributed by atoms with E-state index in [4.69, 9.17) is 4.74 Å². The summed E-state index contributed by atoms with van der Waals surface area (Å²) in [5.41, 5.74) is 0.741. The third-order valence-electron chi connectivity index (χ3n) is 2.53. The molecule has 0 saturated carbocycles. The van der Waals surface area contributed by atoms with Crippen molar-refractivity contribution in [1.29, 1.82) is 0 Å². The van der Waals surface area contributed by atoms with Gasteiger partial charge in [0.05, 0.1) is 0 Å². The van der Waals surface area contributed by atoms with E-state index in [1.54, 1.807) is 12.1 Å². The Morgan fingerprint density at radius 2 is 1.95 bits per heavy atom. The number of ether oxygens (including phenoxy) is 1. The minimum absolute atomic E-state index is 0.0336. The summed E-state index contributed by atoms with van der Waals surface area (Å²) in [7, 11) is 1.54. The van der Waals surface area contributed by atoms with Gasteiger partial charge in [-0.3, -0.25) is 9.59 Å². The van der Waals surface area contributed by atoms with Crippen molar-refractivity contribution >= 4 is 11.8 Å². The molecule has 0 saturated heterocycles. The summed E-state index contributed by atoms with van der Waals surface area (Å²) in [6.07, 6.45) is 0.852. The molecule has 5 heteroatoms. The molecule has 0 aliphatic rings. The van der Waals surface area contributed by atoms with E-state index < -0.39 is 6.04 Å². The van der Waals surface area contributed by atoms with Crippen molar-refractivity contribution in [2.75, 3.05) is 20.3 Å². The largest absolute Gasteiger partial charge is 0.372 e. The van der Waals surface area contributed by atoms with E-state index in [0.717, 1.165) is 12.0 Å². The second kappa shape index (κ2) is 8.26.